The zero-order chi connectivity index (χ0) is 42.2. The molecule has 8 unspecified atom stereocenters. The molecule has 1 aliphatic heterocycles. The molecule has 1 saturated heterocycles. The van der Waals surface area contributed by atoms with E-state index in [1.807, 2.05) is 12.2 Å². The number of carbonyl (C=O) groups excluding carboxylic acids is 1. The monoisotopic (exact) mass is 838 g/mol. The van der Waals surface area contributed by atoms with E-state index in [0.717, 1.165) is 44.9 Å². The van der Waals surface area contributed by atoms with Crippen molar-refractivity contribution in [2.75, 3.05) is 13.2 Å². The molecule has 57 heavy (non-hydrogen) atoms. The minimum atomic E-state index is -5.11. The van der Waals surface area contributed by atoms with Crippen molar-refractivity contribution in [3.63, 3.8) is 0 Å². The zero-order valence-electron chi connectivity index (χ0n) is 35.5. The maximum atomic E-state index is 13.0. The first-order chi connectivity index (χ1) is 27.4. The highest BCUT2D eigenvalue weighted by molar-refractivity contribution is 7.80. The number of amides is 1. The molecule has 0 radical (unpaired) electrons. The van der Waals surface area contributed by atoms with Crippen molar-refractivity contribution >= 4 is 16.3 Å². The number of hydrogen-bond acceptors (Lipinski definition) is 11. The molecule has 1 fully saturated rings. The molecule has 338 valence electrons. The van der Waals surface area contributed by atoms with Crippen LogP contribution < -0.4 is 5.32 Å². The van der Waals surface area contributed by atoms with Crippen LogP contribution >= 0.6 is 0 Å². The predicted octanol–water partition coefficient (Wildman–Crippen LogP) is 7.36. The van der Waals surface area contributed by atoms with Crippen molar-refractivity contribution in [2.24, 2.45) is 0 Å². The molecule has 0 aromatic carbocycles. The van der Waals surface area contributed by atoms with Gasteiger partial charge in [-0.1, -0.05) is 174 Å². The molecular weight excluding hydrogens is 755 g/mol. The molecule has 7 N–H and O–H groups in total. The summed E-state index contributed by atoms with van der Waals surface area (Å²) in [5, 5.41) is 55.1. The highest BCUT2D eigenvalue weighted by Crippen LogP contribution is 2.26. The van der Waals surface area contributed by atoms with Crippen molar-refractivity contribution in [3.05, 3.63) is 12.2 Å². The van der Waals surface area contributed by atoms with Crippen LogP contribution in [0.15, 0.2) is 12.2 Å². The van der Waals surface area contributed by atoms with Gasteiger partial charge in [-0.3, -0.25) is 9.35 Å². The van der Waals surface area contributed by atoms with Crippen LogP contribution in [0.3, 0.4) is 0 Å². The summed E-state index contributed by atoms with van der Waals surface area (Å²) in [6.07, 6.45) is 24.4. The lowest BCUT2D eigenvalue weighted by Crippen LogP contribution is -2.61. The third-order valence-electron chi connectivity index (χ3n) is 10.9. The summed E-state index contributed by atoms with van der Waals surface area (Å²) >= 11 is 0. The summed E-state index contributed by atoms with van der Waals surface area (Å²) in [6, 6.07) is -1.04. The van der Waals surface area contributed by atoms with Crippen LogP contribution in [0, 0.1) is 0 Å². The first kappa shape index (κ1) is 53.8. The van der Waals surface area contributed by atoms with E-state index in [1.165, 1.54) is 109 Å². The van der Waals surface area contributed by atoms with E-state index < -0.39 is 78.5 Å². The highest BCUT2D eigenvalue weighted by Gasteiger charge is 2.48. The average Bonchev–Trinajstić information content (AvgIpc) is 3.18. The molecule has 14 heteroatoms. The second kappa shape index (κ2) is 34.5. The number of allylic oxidation sites excluding steroid dienone is 2. The summed E-state index contributed by atoms with van der Waals surface area (Å²) in [6.45, 7) is 3.20. The van der Waals surface area contributed by atoms with E-state index in [0.29, 0.717) is 19.3 Å². The van der Waals surface area contributed by atoms with Crippen LogP contribution in [-0.4, -0.2) is 107 Å². The van der Waals surface area contributed by atoms with Crippen LogP contribution in [0.1, 0.15) is 194 Å². The van der Waals surface area contributed by atoms with E-state index in [-0.39, 0.29) is 6.42 Å². The Kier molecular flexibility index (Phi) is 32.6. The number of hydrogen-bond donors (Lipinski definition) is 7. The van der Waals surface area contributed by atoms with Gasteiger partial charge in [0.05, 0.1) is 25.4 Å². The Morgan fingerprint density at radius 3 is 1.61 bits per heavy atom. The standard InChI is InChI=1S/C43H83NO12S/c1-3-5-7-9-11-13-14-15-16-17-18-19-20-21-22-23-24-26-27-29-31-36(46)35(44-42(50)37(47)32-30-28-25-12-10-8-6-4-2)34-54-43-40(49)41(56-57(51,52)53)39(48)38(33-45)55-43/h25,28,35-41,43,45-49H,3-24,26-27,29-34H2,1-2H3,(H,44,50)(H,51,52,53)/b28-25-. The quantitative estimate of drug-likeness (QED) is 0.0185. The lowest BCUT2D eigenvalue weighted by Gasteiger charge is -2.41. The van der Waals surface area contributed by atoms with E-state index >= 15 is 0 Å². The molecule has 13 nitrogen and oxygen atoms in total. The number of carbonyl (C=O) groups is 1. The van der Waals surface area contributed by atoms with Gasteiger partial charge >= 0.3 is 10.4 Å². The van der Waals surface area contributed by atoms with E-state index in [9.17, 15) is 38.7 Å². The molecule has 1 heterocycles. The molecule has 0 bridgehead atoms. The highest BCUT2D eigenvalue weighted by atomic mass is 32.3. The second-order valence-electron chi connectivity index (χ2n) is 16.1. The van der Waals surface area contributed by atoms with E-state index in [1.54, 1.807) is 0 Å². The minimum absolute atomic E-state index is 0.176. The smallest absolute Gasteiger partial charge is 0.394 e. The van der Waals surface area contributed by atoms with Crippen LogP contribution in [0.5, 0.6) is 0 Å². The number of ether oxygens (including phenoxy) is 2. The summed E-state index contributed by atoms with van der Waals surface area (Å²) in [5.74, 6) is -0.705. The third-order valence-corrected chi connectivity index (χ3v) is 11.4. The maximum Gasteiger partial charge on any atom is 0.397 e. The predicted molar refractivity (Wildman–Crippen MR) is 224 cm³/mol. The Balaban J connectivity index is 2.51. The SMILES string of the molecule is CCCCCC/C=C\CCC(O)C(=O)NC(COC1OC(CO)C(O)C(OS(=O)(=O)O)C1O)C(O)CCCCCCCCCCCCCCCCCCCCCC. The number of rotatable bonds is 38. The Hall–Kier alpha value is -1.20. The first-order valence-electron chi connectivity index (χ1n) is 22.7. The largest absolute Gasteiger partial charge is 0.397 e. The normalized spacial score (nSPS) is 21.9. The molecule has 0 spiro atoms. The number of unbranched alkanes of at least 4 members (excludes halogenated alkanes) is 23. The van der Waals surface area contributed by atoms with Gasteiger partial charge in [0.2, 0.25) is 5.91 Å². The Morgan fingerprint density at radius 2 is 1.14 bits per heavy atom. The fourth-order valence-electron chi connectivity index (χ4n) is 7.29. The molecule has 0 aliphatic carbocycles. The summed E-state index contributed by atoms with van der Waals surface area (Å²) in [7, 11) is -5.11. The van der Waals surface area contributed by atoms with Gasteiger partial charge < -0.3 is 40.3 Å². The molecule has 0 aromatic rings. The minimum Gasteiger partial charge on any atom is -0.394 e. The van der Waals surface area contributed by atoms with Gasteiger partial charge in [0.1, 0.15) is 30.5 Å². The maximum absolute atomic E-state index is 13.0. The van der Waals surface area contributed by atoms with Crippen LogP contribution in [0.25, 0.3) is 0 Å². The Bertz CT molecular complexity index is 1100. The van der Waals surface area contributed by atoms with Crippen LogP contribution in [-0.2, 0) is 28.9 Å². The average molecular weight is 838 g/mol. The molecule has 0 saturated carbocycles. The zero-order valence-corrected chi connectivity index (χ0v) is 36.3. The fraction of sp³-hybridized carbons (Fsp3) is 0.930. The molecule has 1 amide bonds. The Labute approximate surface area is 345 Å². The van der Waals surface area contributed by atoms with Crippen LogP contribution in [0.4, 0.5) is 0 Å². The second-order valence-corrected chi connectivity index (χ2v) is 17.2. The number of aliphatic hydroxyl groups excluding tert-OH is 5. The lowest BCUT2D eigenvalue weighted by atomic mass is 9.99. The van der Waals surface area contributed by atoms with Crippen molar-refractivity contribution < 1.29 is 57.0 Å². The Morgan fingerprint density at radius 1 is 0.684 bits per heavy atom. The van der Waals surface area contributed by atoms with Gasteiger partial charge in [-0.2, -0.15) is 8.42 Å². The summed E-state index contributed by atoms with van der Waals surface area (Å²) in [4.78, 5) is 13.0. The lowest BCUT2D eigenvalue weighted by molar-refractivity contribution is -0.298. The fourth-order valence-corrected chi connectivity index (χ4v) is 7.80. The van der Waals surface area contributed by atoms with Crippen LogP contribution in [0.2, 0.25) is 0 Å². The van der Waals surface area contributed by atoms with Crippen molar-refractivity contribution in [2.45, 2.75) is 243 Å². The van der Waals surface area contributed by atoms with Crippen molar-refractivity contribution in [1.29, 1.82) is 0 Å². The van der Waals surface area contributed by atoms with E-state index in [4.69, 9.17) is 14.0 Å². The van der Waals surface area contributed by atoms with Crippen molar-refractivity contribution in [3.8, 4) is 0 Å². The molecular formula is C43H83NO12S. The topological polar surface area (TPSA) is 212 Å². The van der Waals surface area contributed by atoms with Gasteiger partial charge in [0, 0.05) is 0 Å². The molecule has 0 aromatic heterocycles. The molecule has 1 aliphatic rings. The summed E-state index contributed by atoms with van der Waals surface area (Å²) in [5.41, 5.74) is 0. The van der Waals surface area contributed by atoms with Gasteiger partial charge in [0.25, 0.3) is 0 Å². The number of aliphatic hydroxyl groups is 5. The van der Waals surface area contributed by atoms with Gasteiger partial charge in [0.15, 0.2) is 6.29 Å². The van der Waals surface area contributed by atoms with Gasteiger partial charge in [-0.25, -0.2) is 4.18 Å². The van der Waals surface area contributed by atoms with Gasteiger partial charge in [-0.15, -0.1) is 0 Å². The van der Waals surface area contributed by atoms with Gasteiger partial charge in [-0.05, 0) is 32.1 Å². The van der Waals surface area contributed by atoms with Crippen molar-refractivity contribution in [1.82, 2.24) is 5.32 Å². The first-order valence-corrected chi connectivity index (χ1v) is 24.0. The van der Waals surface area contributed by atoms with E-state index in [2.05, 4.69) is 23.3 Å². The molecule has 8 atom stereocenters. The molecule has 1 rings (SSSR count). The number of nitrogens with one attached hydrogen (secondary N) is 1. The third kappa shape index (κ3) is 27.3. The summed E-state index contributed by atoms with van der Waals surface area (Å²) < 4.78 is 47.4.